The summed E-state index contributed by atoms with van der Waals surface area (Å²) in [5.41, 5.74) is 0.214. The zero-order chi connectivity index (χ0) is 18.9. The molecule has 3 rings (SSSR count). The summed E-state index contributed by atoms with van der Waals surface area (Å²) in [6.07, 6.45) is 3.14. The van der Waals surface area contributed by atoms with Crippen LogP contribution in [0.1, 0.15) is 51.1 Å². The number of hydrogen-bond donors (Lipinski definition) is 1. The number of imide groups is 1. The highest BCUT2D eigenvalue weighted by molar-refractivity contribution is 6.09. The molecule has 140 valence electrons. The highest BCUT2D eigenvalue weighted by Gasteiger charge is 2.52. The standard InChI is InChI=1S/C20H27N3O3/c1-14-9-11-20(12-10-14)18(25)23(19(26)21-20)13-17(24)22(3)15(2)16-7-5-4-6-8-16/h4-8,14-15H,9-13H2,1-3H3,(H,21,26)/t14?,15-,20?/m0/s1. The maximum Gasteiger partial charge on any atom is 0.325 e. The summed E-state index contributed by atoms with van der Waals surface area (Å²) < 4.78 is 0. The summed E-state index contributed by atoms with van der Waals surface area (Å²) >= 11 is 0. The second-order valence-corrected chi connectivity index (χ2v) is 7.68. The van der Waals surface area contributed by atoms with Crippen molar-refractivity contribution in [2.24, 2.45) is 5.92 Å². The van der Waals surface area contributed by atoms with Gasteiger partial charge in [0.2, 0.25) is 5.91 Å². The number of urea groups is 1. The first-order valence-corrected chi connectivity index (χ1v) is 9.29. The molecular weight excluding hydrogens is 330 g/mol. The van der Waals surface area contributed by atoms with Gasteiger partial charge in [0.15, 0.2) is 0 Å². The monoisotopic (exact) mass is 357 g/mol. The van der Waals surface area contributed by atoms with Crippen LogP contribution in [0.2, 0.25) is 0 Å². The number of amides is 4. The fourth-order valence-corrected chi connectivity index (χ4v) is 3.83. The lowest BCUT2D eigenvalue weighted by molar-refractivity contribution is -0.140. The Labute approximate surface area is 154 Å². The van der Waals surface area contributed by atoms with Gasteiger partial charge in [-0.15, -0.1) is 0 Å². The van der Waals surface area contributed by atoms with Crippen LogP contribution < -0.4 is 5.32 Å². The van der Waals surface area contributed by atoms with Crippen LogP contribution in [0.25, 0.3) is 0 Å². The minimum atomic E-state index is -0.798. The number of likely N-dealkylation sites (N-methyl/N-ethyl adjacent to an activating group) is 1. The van der Waals surface area contributed by atoms with Gasteiger partial charge >= 0.3 is 6.03 Å². The third-order valence-electron chi connectivity index (χ3n) is 5.92. The molecule has 4 amide bonds. The summed E-state index contributed by atoms with van der Waals surface area (Å²) in [4.78, 5) is 40.6. The van der Waals surface area contributed by atoms with E-state index >= 15 is 0 Å². The summed E-state index contributed by atoms with van der Waals surface area (Å²) in [6, 6.07) is 9.12. The van der Waals surface area contributed by atoms with Crippen molar-refractivity contribution >= 4 is 17.8 Å². The normalized spacial score (nSPS) is 26.7. The van der Waals surface area contributed by atoms with Crippen LogP contribution in [-0.4, -0.2) is 46.8 Å². The highest BCUT2D eigenvalue weighted by Crippen LogP contribution is 2.36. The van der Waals surface area contributed by atoms with Gasteiger partial charge in [-0.05, 0) is 44.1 Å². The van der Waals surface area contributed by atoms with Gasteiger partial charge in [-0.1, -0.05) is 37.3 Å². The lowest BCUT2D eigenvalue weighted by Gasteiger charge is -2.33. The zero-order valence-corrected chi connectivity index (χ0v) is 15.7. The molecule has 2 aliphatic rings. The first kappa shape index (κ1) is 18.4. The van der Waals surface area contributed by atoms with Crippen LogP contribution >= 0.6 is 0 Å². The Kier molecular flexibility index (Phi) is 5.03. The average molecular weight is 357 g/mol. The lowest BCUT2D eigenvalue weighted by Crippen LogP contribution is -2.50. The molecular formula is C20H27N3O3. The molecule has 1 heterocycles. The van der Waals surface area contributed by atoms with Crippen molar-refractivity contribution in [1.29, 1.82) is 0 Å². The molecule has 6 nitrogen and oxygen atoms in total. The Morgan fingerprint density at radius 1 is 1.27 bits per heavy atom. The second kappa shape index (κ2) is 7.09. The third-order valence-corrected chi connectivity index (χ3v) is 5.92. The van der Waals surface area contributed by atoms with Gasteiger partial charge in [0.05, 0.1) is 6.04 Å². The number of hydrogen-bond acceptors (Lipinski definition) is 3. The molecule has 1 saturated carbocycles. The molecule has 1 aliphatic heterocycles. The predicted molar refractivity (Wildman–Crippen MR) is 98.2 cm³/mol. The van der Waals surface area contributed by atoms with Crippen molar-refractivity contribution in [3.63, 3.8) is 0 Å². The van der Waals surface area contributed by atoms with E-state index in [0.717, 1.165) is 23.3 Å². The van der Waals surface area contributed by atoms with E-state index in [1.807, 2.05) is 37.3 Å². The van der Waals surface area contributed by atoms with E-state index in [1.165, 1.54) is 0 Å². The predicted octanol–water partition coefficient (Wildman–Crippen LogP) is 2.71. The van der Waals surface area contributed by atoms with E-state index in [-0.39, 0.29) is 24.4 Å². The summed E-state index contributed by atoms with van der Waals surface area (Å²) in [5, 5.41) is 2.86. The quantitative estimate of drug-likeness (QED) is 0.843. The zero-order valence-electron chi connectivity index (χ0n) is 15.7. The second-order valence-electron chi connectivity index (χ2n) is 7.68. The van der Waals surface area contributed by atoms with Crippen molar-refractivity contribution < 1.29 is 14.4 Å². The Morgan fingerprint density at radius 2 is 1.88 bits per heavy atom. The Hall–Kier alpha value is -2.37. The molecule has 1 spiro atoms. The van der Waals surface area contributed by atoms with Gasteiger partial charge in [0.1, 0.15) is 12.1 Å². The molecule has 0 aromatic heterocycles. The molecule has 2 fully saturated rings. The summed E-state index contributed by atoms with van der Waals surface area (Å²) in [5.74, 6) is 0.0773. The molecule has 0 bridgehead atoms. The largest absolute Gasteiger partial charge is 0.337 e. The Balaban J connectivity index is 1.67. The molecule has 1 saturated heterocycles. The Bertz CT molecular complexity index is 696. The van der Waals surface area contributed by atoms with Crippen molar-refractivity contribution in [3.8, 4) is 0 Å². The third kappa shape index (κ3) is 3.32. The average Bonchev–Trinajstić information content (AvgIpc) is 2.88. The van der Waals surface area contributed by atoms with Crippen molar-refractivity contribution in [1.82, 2.24) is 15.1 Å². The van der Waals surface area contributed by atoms with Crippen LogP contribution in [0.4, 0.5) is 4.79 Å². The summed E-state index contributed by atoms with van der Waals surface area (Å²) in [6.45, 7) is 3.88. The molecule has 6 heteroatoms. The van der Waals surface area contributed by atoms with E-state index in [2.05, 4.69) is 12.2 Å². The fraction of sp³-hybridized carbons (Fsp3) is 0.550. The maximum absolute atomic E-state index is 12.9. The van der Waals surface area contributed by atoms with Crippen LogP contribution in [0.15, 0.2) is 30.3 Å². The number of carbonyl (C=O) groups is 3. The van der Waals surface area contributed by atoms with Gasteiger partial charge in [-0.3, -0.25) is 14.5 Å². The van der Waals surface area contributed by atoms with Crippen LogP contribution in [0.5, 0.6) is 0 Å². The number of nitrogens with zero attached hydrogens (tertiary/aromatic N) is 2. The smallest absolute Gasteiger partial charge is 0.325 e. The van der Waals surface area contributed by atoms with Crippen molar-refractivity contribution in [2.45, 2.75) is 51.1 Å². The molecule has 1 N–H and O–H groups in total. The minimum absolute atomic E-state index is 0.131. The van der Waals surface area contributed by atoms with Crippen LogP contribution in [0.3, 0.4) is 0 Å². The molecule has 1 aromatic rings. The maximum atomic E-state index is 12.9. The molecule has 1 atom stereocenters. The van der Waals surface area contributed by atoms with Gasteiger partial charge in [-0.2, -0.15) is 0 Å². The van der Waals surface area contributed by atoms with Crippen LogP contribution in [0, 0.1) is 5.92 Å². The molecule has 1 aliphatic carbocycles. The lowest BCUT2D eigenvalue weighted by atomic mass is 9.77. The fourth-order valence-electron chi connectivity index (χ4n) is 3.83. The molecule has 0 radical (unpaired) electrons. The van der Waals surface area contributed by atoms with Gasteiger partial charge in [0.25, 0.3) is 5.91 Å². The van der Waals surface area contributed by atoms with E-state index in [0.29, 0.717) is 18.8 Å². The topological polar surface area (TPSA) is 69.7 Å². The van der Waals surface area contributed by atoms with Gasteiger partial charge < -0.3 is 10.2 Å². The number of benzene rings is 1. The highest BCUT2D eigenvalue weighted by atomic mass is 16.2. The van der Waals surface area contributed by atoms with Gasteiger partial charge in [-0.25, -0.2) is 4.79 Å². The molecule has 0 unspecified atom stereocenters. The summed E-state index contributed by atoms with van der Waals surface area (Å²) in [7, 11) is 1.70. The van der Waals surface area contributed by atoms with E-state index in [4.69, 9.17) is 0 Å². The van der Waals surface area contributed by atoms with Crippen LogP contribution in [-0.2, 0) is 9.59 Å². The van der Waals surface area contributed by atoms with E-state index < -0.39 is 11.6 Å². The minimum Gasteiger partial charge on any atom is -0.337 e. The van der Waals surface area contributed by atoms with E-state index in [9.17, 15) is 14.4 Å². The molecule has 1 aromatic carbocycles. The van der Waals surface area contributed by atoms with Crippen molar-refractivity contribution in [3.05, 3.63) is 35.9 Å². The first-order valence-electron chi connectivity index (χ1n) is 9.29. The Morgan fingerprint density at radius 3 is 2.50 bits per heavy atom. The van der Waals surface area contributed by atoms with E-state index in [1.54, 1.807) is 11.9 Å². The first-order chi connectivity index (χ1) is 12.3. The number of carbonyl (C=O) groups excluding carboxylic acids is 3. The number of nitrogens with one attached hydrogen (secondary N) is 1. The van der Waals surface area contributed by atoms with Gasteiger partial charge in [0, 0.05) is 7.05 Å². The number of rotatable bonds is 4. The SMILES string of the molecule is CC1CCC2(CC1)NC(=O)N(CC(=O)N(C)[C@@H](C)c1ccccc1)C2=O. The molecule has 26 heavy (non-hydrogen) atoms. The van der Waals surface area contributed by atoms with Crippen molar-refractivity contribution in [2.75, 3.05) is 13.6 Å².